The first kappa shape index (κ1) is 20.7. The molecular formula is C23H17F5N2O. The van der Waals surface area contributed by atoms with Crippen molar-refractivity contribution in [3.8, 4) is 5.75 Å². The minimum atomic E-state index is -4.80. The first-order chi connectivity index (χ1) is 14.8. The zero-order chi connectivity index (χ0) is 22.0. The monoisotopic (exact) mass is 432 g/mol. The number of anilines is 2. The van der Waals surface area contributed by atoms with E-state index in [-0.39, 0.29) is 11.6 Å². The molecule has 0 amide bonds. The van der Waals surface area contributed by atoms with Crippen molar-refractivity contribution in [3.63, 3.8) is 0 Å². The fourth-order valence-electron chi connectivity index (χ4n) is 3.47. The van der Waals surface area contributed by atoms with Crippen LogP contribution >= 0.6 is 0 Å². The average Bonchev–Trinajstić information content (AvgIpc) is 3.13. The second-order valence-electron chi connectivity index (χ2n) is 6.99. The SMILES string of the molecule is Fc1ccc(NC2=CC(c3cccc(OC(F)(F)F)c3)N(c3ccc(F)cc3)C2)cc1. The zero-order valence-electron chi connectivity index (χ0n) is 16.0. The Morgan fingerprint density at radius 3 is 2.16 bits per heavy atom. The molecule has 31 heavy (non-hydrogen) atoms. The first-order valence-electron chi connectivity index (χ1n) is 9.38. The van der Waals surface area contributed by atoms with Gasteiger partial charge in [-0.1, -0.05) is 12.1 Å². The van der Waals surface area contributed by atoms with Crippen LogP contribution in [0.25, 0.3) is 0 Å². The van der Waals surface area contributed by atoms with Gasteiger partial charge in [0, 0.05) is 17.1 Å². The Balaban J connectivity index is 1.66. The Labute approximate surface area is 175 Å². The summed E-state index contributed by atoms with van der Waals surface area (Å²) in [5.74, 6) is -1.08. The highest BCUT2D eigenvalue weighted by Gasteiger charge is 2.32. The number of benzene rings is 3. The van der Waals surface area contributed by atoms with Gasteiger partial charge in [0.05, 0.1) is 12.6 Å². The molecule has 3 aromatic carbocycles. The minimum absolute atomic E-state index is 0.322. The molecule has 0 aliphatic carbocycles. The number of hydrogen-bond acceptors (Lipinski definition) is 3. The summed E-state index contributed by atoms with van der Waals surface area (Å²) in [6.45, 7) is 0.387. The molecule has 1 heterocycles. The van der Waals surface area contributed by atoms with E-state index in [1.807, 2.05) is 11.0 Å². The van der Waals surface area contributed by atoms with Gasteiger partial charge in [0.1, 0.15) is 17.4 Å². The van der Waals surface area contributed by atoms with E-state index in [4.69, 9.17) is 0 Å². The molecule has 3 aromatic rings. The molecule has 0 bridgehead atoms. The maximum absolute atomic E-state index is 13.4. The van der Waals surface area contributed by atoms with Gasteiger partial charge in [0.25, 0.3) is 0 Å². The molecule has 1 N–H and O–H groups in total. The van der Waals surface area contributed by atoms with Gasteiger partial charge in [-0.25, -0.2) is 8.78 Å². The van der Waals surface area contributed by atoms with E-state index >= 15 is 0 Å². The molecule has 1 atom stereocenters. The lowest BCUT2D eigenvalue weighted by atomic mass is 10.1. The largest absolute Gasteiger partial charge is 0.573 e. The zero-order valence-corrected chi connectivity index (χ0v) is 16.0. The summed E-state index contributed by atoms with van der Waals surface area (Å²) < 4.78 is 68.6. The summed E-state index contributed by atoms with van der Waals surface area (Å²) in [5.41, 5.74) is 2.70. The number of nitrogens with zero attached hydrogens (tertiary/aromatic N) is 1. The van der Waals surface area contributed by atoms with Crippen molar-refractivity contribution in [2.24, 2.45) is 0 Å². The van der Waals surface area contributed by atoms with Crippen LogP contribution in [0.1, 0.15) is 11.6 Å². The summed E-state index contributed by atoms with van der Waals surface area (Å²) in [6.07, 6.45) is -2.94. The highest BCUT2D eigenvalue weighted by molar-refractivity contribution is 5.59. The molecule has 160 valence electrons. The Bertz CT molecular complexity index is 1080. The summed E-state index contributed by atoms with van der Waals surface area (Å²) in [7, 11) is 0. The second kappa shape index (κ2) is 8.29. The Hall–Kier alpha value is -3.55. The van der Waals surface area contributed by atoms with Gasteiger partial charge in [0.15, 0.2) is 0 Å². The van der Waals surface area contributed by atoms with E-state index < -0.39 is 18.2 Å². The summed E-state index contributed by atoms with van der Waals surface area (Å²) in [6, 6.07) is 17.0. The molecule has 0 radical (unpaired) electrons. The van der Waals surface area contributed by atoms with Gasteiger partial charge < -0.3 is 15.0 Å². The van der Waals surface area contributed by atoms with Crippen LogP contribution in [0.15, 0.2) is 84.6 Å². The van der Waals surface area contributed by atoms with E-state index in [9.17, 15) is 22.0 Å². The van der Waals surface area contributed by atoms with Crippen LogP contribution in [0.5, 0.6) is 5.75 Å². The fraction of sp³-hybridized carbons (Fsp3) is 0.130. The van der Waals surface area contributed by atoms with Gasteiger partial charge in [-0.3, -0.25) is 0 Å². The lowest BCUT2D eigenvalue weighted by Crippen LogP contribution is -2.25. The van der Waals surface area contributed by atoms with Crippen LogP contribution in [0, 0.1) is 11.6 Å². The van der Waals surface area contributed by atoms with Crippen LogP contribution in [0.4, 0.5) is 33.3 Å². The molecule has 0 fully saturated rings. The van der Waals surface area contributed by atoms with Gasteiger partial charge >= 0.3 is 6.36 Å². The lowest BCUT2D eigenvalue weighted by molar-refractivity contribution is -0.274. The number of ether oxygens (including phenoxy) is 1. The molecule has 1 unspecified atom stereocenters. The van der Waals surface area contributed by atoms with Crippen molar-refractivity contribution < 1.29 is 26.7 Å². The molecular weight excluding hydrogens is 415 g/mol. The molecule has 3 nitrogen and oxygen atoms in total. The molecule has 0 spiro atoms. The van der Waals surface area contributed by atoms with Crippen molar-refractivity contribution in [1.82, 2.24) is 0 Å². The van der Waals surface area contributed by atoms with Crippen LogP contribution in [0.3, 0.4) is 0 Å². The van der Waals surface area contributed by atoms with Crippen molar-refractivity contribution in [2.75, 3.05) is 16.8 Å². The van der Waals surface area contributed by atoms with Crippen molar-refractivity contribution in [3.05, 3.63) is 102 Å². The Kier molecular flexibility index (Phi) is 5.54. The van der Waals surface area contributed by atoms with Crippen LogP contribution in [-0.4, -0.2) is 12.9 Å². The summed E-state index contributed by atoms with van der Waals surface area (Å²) in [4.78, 5) is 1.91. The highest BCUT2D eigenvalue weighted by atomic mass is 19.4. The number of nitrogens with one attached hydrogen (secondary N) is 1. The van der Waals surface area contributed by atoms with E-state index in [1.54, 1.807) is 30.3 Å². The van der Waals surface area contributed by atoms with Crippen LogP contribution in [-0.2, 0) is 0 Å². The molecule has 4 rings (SSSR count). The van der Waals surface area contributed by atoms with Gasteiger partial charge in [-0.2, -0.15) is 0 Å². The van der Waals surface area contributed by atoms with Crippen LogP contribution < -0.4 is 15.0 Å². The normalized spacial score (nSPS) is 16.2. The first-order valence-corrected chi connectivity index (χ1v) is 9.38. The van der Waals surface area contributed by atoms with E-state index in [2.05, 4.69) is 10.1 Å². The van der Waals surface area contributed by atoms with Gasteiger partial charge in [0.2, 0.25) is 0 Å². The molecule has 8 heteroatoms. The maximum atomic E-state index is 13.4. The smallest absolute Gasteiger partial charge is 0.406 e. The predicted octanol–water partition coefficient (Wildman–Crippen LogP) is 6.42. The van der Waals surface area contributed by atoms with Crippen molar-refractivity contribution in [1.29, 1.82) is 0 Å². The molecule has 0 saturated carbocycles. The fourth-order valence-corrected chi connectivity index (χ4v) is 3.47. The van der Waals surface area contributed by atoms with E-state index in [0.29, 0.717) is 23.5 Å². The molecule has 0 saturated heterocycles. The third-order valence-corrected chi connectivity index (χ3v) is 4.78. The standard InChI is InChI=1S/C23H17F5N2O/c24-16-4-8-18(9-5-16)29-19-13-22(30(14-19)20-10-6-17(25)7-11-20)15-2-1-3-21(12-15)31-23(26,27)28/h1-13,22,29H,14H2. The van der Waals surface area contributed by atoms with Crippen molar-refractivity contribution >= 4 is 11.4 Å². The van der Waals surface area contributed by atoms with Gasteiger partial charge in [-0.05, 0) is 72.3 Å². The van der Waals surface area contributed by atoms with E-state index in [1.165, 1.54) is 42.5 Å². The topological polar surface area (TPSA) is 24.5 Å². The summed E-state index contributed by atoms with van der Waals surface area (Å²) in [5, 5.41) is 3.20. The van der Waals surface area contributed by atoms with Crippen LogP contribution in [0.2, 0.25) is 0 Å². The number of halogens is 5. The second-order valence-corrected chi connectivity index (χ2v) is 6.99. The third kappa shape index (κ3) is 5.14. The Morgan fingerprint density at radius 2 is 1.52 bits per heavy atom. The summed E-state index contributed by atoms with van der Waals surface area (Å²) >= 11 is 0. The quantitative estimate of drug-likeness (QED) is 0.471. The van der Waals surface area contributed by atoms with Crippen molar-refractivity contribution in [2.45, 2.75) is 12.4 Å². The molecule has 0 aromatic heterocycles. The maximum Gasteiger partial charge on any atom is 0.573 e. The molecule has 1 aliphatic rings. The number of hydrogen-bond donors (Lipinski definition) is 1. The number of alkyl halides is 3. The number of rotatable bonds is 5. The average molecular weight is 432 g/mol. The minimum Gasteiger partial charge on any atom is -0.406 e. The lowest BCUT2D eigenvalue weighted by Gasteiger charge is -2.27. The molecule has 1 aliphatic heterocycles. The Morgan fingerprint density at radius 1 is 0.871 bits per heavy atom. The highest BCUT2D eigenvalue weighted by Crippen LogP contribution is 2.37. The predicted molar refractivity (Wildman–Crippen MR) is 108 cm³/mol. The van der Waals surface area contributed by atoms with Gasteiger partial charge in [-0.15, -0.1) is 13.2 Å². The third-order valence-electron chi connectivity index (χ3n) is 4.78. The van der Waals surface area contributed by atoms with E-state index in [0.717, 1.165) is 5.70 Å².